The molecule has 2 rings (SSSR count). The van der Waals surface area contributed by atoms with Gasteiger partial charge in [-0.2, -0.15) is 0 Å². The zero-order valence-electron chi connectivity index (χ0n) is 14.6. The summed E-state index contributed by atoms with van der Waals surface area (Å²) in [5.74, 6) is -0.189. The van der Waals surface area contributed by atoms with E-state index < -0.39 is 9.84 Å². The van der Waals surface area contributed by atoms with E-state index in [2.05, 4.69) is 29.4 Å². The number of nitrogens with zero attached hydrogens (tertiary/aromatic N) is 1. The first-order valence-corrected chi connectivity index (χ1v) is 10.1. The van der Waals surface area contributed by atoms with Crippen molar-refractivity contribution < 1.29 is 13.2 Å². The summed E-state index contributed by atoms with van der Waals surface area (Å²) in [5, 5.41) is 2.86. The SMILES string of the molecule is CN(CCCNC(=O)c1ccc(S(C)(=O)=O)cc1)Cc1ccccc1. The molecule has 2 aromatic carbocycles. The number of carbonyl (C=O) groups is 1. The van der Waals surface area contributed by atoms with Gasteiger partial charge in [0.2, 0.25) is 0 Å². The molecule has 6 heteroatoms. The van der Waals surface area contributed by atoms with Gasteiger partial charge in [0.1, 0.15) is 0 Å². The molecule has 0 aliphatic heterocycles. The number of benzene rings is 2. The van der Waals surface area contributed by atoms with Crippen LogP contribution in [0, 0.1) is 0 Å². The number of nitrogens with one attached hydrogen (secondary N) is 1. The van der Waals surface area contributed by atoms with Crippen molar-refractivity contribution in [2.75, 3.05) is 26.4 Å². The van der Waals surface area contributed by atoms with E-state index in [1.54, 1.807) is 0 Å². The normalized spacial score (nSPS) is 11.5. The first-order chi connectivity index (χ1) is 11.9. The van der Waals surface area contributed by atoms with Crippen molar-refractivity contribution in [2.45, 2.75) is 17.9 Å². The van der Waals surface area contributed by atoms with Gasteiger partial charge in [-0.15, -0.1) is 0 Å². The summed E-state index contributed by atoms with van der Waals surface area (Å²) >= 11 is 0. The molecule has 134 valence electrons. The minimum absolute atomic E-state index is 0.189. The van der Waals surface area contributed by atoms with Crippen molar-refractivity contribution in [3.8, 4) is 0 Å². The molecule has 1 amide bonds. The molecular formula is C19H24N2O3S. The second-order valence-corrected chi connectivity index (χ2v) is 8.15. The number of amides is 1. The molecule has 0 radical (unpaired) electrons. The van der Waals surface area contributed by atoms with E-state index in [4.69, 9.17) is 0 Å². The van der Waals surface area contributed by atoms with Gasteiger partial charge in [-0.25, -0.2) is 8.42 Å². The monoisotopic (exact) mass is 360 g/mol. The van der Waals surface area contributed by atoms with Gasteiger partial charge in [0.25, 0.3) is 5.91 Å². The number of sulfone groups is 1. The van der Waals surface area contributed by atoms with Gasteiger partial charge in [0.15, 0.2) is 9.84 Å². The van der Waals surface area contributed by atoms with Crippen molar-refractivity contribution in [3.05, 3.63) is 65.7 Å². The average molecular weight is 360 g/mol. The van der Waals surface area contributed by atoms with Crippen LogP contribution in [0.2, 0.25) is 0 Å². The molecule has 0 saturated heterocycles. The standard InChI is InChI=1S/C19H24N2O3S/c1-21(15-16-7-4-3-5-8-16)14-6-13-20-19(22)17-9-11-18(12-10-17)25(2,23)24/h3-5,7-12H,6,13-15H2,1-2H3,(H,20,22). The van der Waals surface area contributed by atoms with Crippen LogP contribution in [0.5, 0.6) is 0 Å². The summed E-state index contributed by atoms with van der Waals surface area (Å²) in [6.45, 7) is 2.33. The third-order valence-electron chi connectivity index (χ3n) is 3.84. The van der Waals surface area contributed by atoms with E-state index in [1.165, 1.54) is 29.8 Å². The number of carbonyl (C=O) groups excluding carboxylic acids is 1. The number of hydrogen-bond acceptors (Lipinski definition) is 4. The lowest BCUT2D eigenvalue weighted by atomic mass is 10.2. The summed E-state index contributed by atoms with van der Waals surface area (Å²) < 4.78 is 22.8. The Hall–Kier alpha value is -2.18. The molecule has 0 saturated carbocycles. The van der Waals surface area contributed by atoms with Crippen LogP contribution in [0.3, 0.4) is 0 Å². The lowest BCUT2D eigenvalue weighted by Gasteiger charge is -2.16. The lowest BCUT2D eigenvalue weighted by Crippen LogP contribution is -2.28. The summed E-state index contributed by atoms with van der Waals surface area (Å²) in [4.78, 5) is 14.5. The van der Waals surface area contributed by atoms with Crippen LogP contribution in [0.25, 0.3) is 0 Å². The molecule has 2 aromatic rings. The highest BCUT2D eigenvalue weighted by atomic mass is 32.2. The van der Waals surface area contributed by atoms with E-state index in [0.29, 0.717) is 12.1 Å². The maximum Gasteiger partial charge on any atom is 0.251 e. The zero-order chi connectivity index (χ0) is 18.3. The third-order valence-corrected chi connectivity index (χ3v) is 4.97. The quantitative estimate of drug-likeness (QED) is 0.734. The zero-order valence-corrected chi connectivity index (χ0v) is 15.4. The minimum Gasteiger partial charge on any atom is -0.352 e. The molecule has 0 bridgehead atoms. The molecule has 0 atom stereocenters. The smallest absolute Gasteiger partial charge is 0.251 e. The van der Waals surface area contributed by atoms with Crippen LogP contribution in [0.15, 0.2) is 59.5 Å². The Labute approximate surface area is 149 Å². The fourth-order valence-electron chi connectivity index (χ4n) is 2.48. The van der Waals surface area contributed by atoms with E-state index in [-0.39, 0.29) is 10.8 Å². The Morgan fingerprint density at radius 3 is 2.28 bits per heavy atom. The molecule has 0 aliphatic carbocycles. The number of rotatable bonds is 8. The molecule has 5 nitrogen and oxygen atoms in total. The van der Waals surface area contributed by atoms with E-state index >= 15 is 0 Å². The van der Waals surface area contributed by atoms with Crippen LogP contribution in [-0.2, 0) is 16.4 Å². The molecule has 25 heavy (non-hydrogen) atoms. The highest BCUT2D eigenvalue weighted by Crippen LogP contribution is 2.10. The third kappa shape index (κ3) is 6.32. The van der Waals surface area contributed by atoms with Gasteiger partial charge in [-0.1, -0.05) is 30.3 Å². The van der Waals surface area contributed by atoms with E-state index in [0.717, 1.165) is 25.8 Å². The van der Waals surface area contributed by atoms with Crippen molar-refractivity contribution in [3.63, 3.8) is 0 Å². The summed E-state index contributed by atoms with van der Waals surface area (Å²) in [6.07, 6.45) is 1.99. The van der Waals surface area contributed by atoms with Crippen LogP contribution in [0.1, 0.15) is 22.3 Å². The van der Waals surface area contributed by atoms with Gasteiger partial charge in [-0.05, 0) is 49.8 Å². The van der Waals surface area contributed by atoms with Crippen LogP contribution in [0.4, 0.5) is 0 Å². The molecule has 1 N–H and O–H groups in total. The number of hydrogen-bond donors (Lipinski definition) is 1. The fraction of sp³-hybridized carbons (Fsp3) is 0.316. The molecular weight excluding hydrogens is 336 g/mol. The Morgan fingerprint density at radius 1 is 1.04 bits per heavy atom. The van der Waals surface area contributed by atoms with Gasteiger partial charge in [0, 0.05) is 24.9 Å². The molecule has 0 heterocycles. The second-order valence-electron chi connectivity index (χ2n) is 6.13. The Morgan fingerprint density at radius 2 is 1.68 bits per heavy atom. The minimum atomic E-state index is -3.24. The van der Waals surface area contributed by atoms with E-state index in [1.807, 2.05) is 18.2 Å². The van der Waals surface area contributed by atoms with Crippen molar-refractivity contribution in [2.24, 2.45) is 0 Å². The van der Waals surface area contributed by atoms with Crippen LogP contribution in [-0.4, -0.2) is 45.6 Å². The Kier molecular flexibility index (Phi) is 6.73. The summed E-state index contributed by atoms with van der Waals surface area (Å²) in [7, 11) is -1.18. The first kappa shape index (κ1) is 19.1. The van der Waals surface area contributed by atoms with Crippen molar-refractivity contribution in [1.29, 1.82) is 0 Å². The van der Waals surface area contributed by atoms with E-state index in [9.17, 15) is 13.2 Å². The van der Waals surface area contributed by atoms with Gasteiger partial charge in [-0.3, -0.25) is 4.79 Å². The summed E-state index contributed by atoms with van der Waals surface area (Å²) in [5.41, 5.74) is 1.73. The molecule has 0 fully saturated rings. The average Bonchev–Trinajstić information content (AvgIpc) is 2.59. The highest BCUT2D eigenvalue weighted by Gasteiger charge is 2.09. The Balaban J connectivity index is 1.73. The van der Waals surface area contributed by atoms with Gasteiger partial charge in [0.05, 0.1) is 4.90 Å². The van der Waals surface area contributed by atoms with Gasteiger partial charge >= 0.3 is 0 Å². The van der Waals surface area contributed by atoms with Crippen molar-refractivity contribution in [1.82, 2.24) is 10.2 Å². The topological polar surface area (TPSA) is 66.5 Å². The summed E-state index contributed by atoms with van der Waals surface area (Å²) in [6, 6.07) is 16.2. The van der Waals surface area contributed by atoms with Crippen molar-refractivity contribution >= 4 is 15.7 Å². The maximum absolute atomic E-state index is 12.1. The first-order valence-electron chi connectivity index (χ1n) is 8.17. The molecule has 0 aliphatic rings. The molecule has 0 aromatic heterocycles. The van der Waals surface area contributed by atoms with Crippen LogP contribution >= 0.6 is 0 Å². The maximum atomic E-state index is 12.1. The predicted octanol–water partition coefficient (Wildman–Crippen LogP) is 2.34. The Bertz CT molecular complexity index is 787. The fourth-order valence-corrected chi connectivity index (χ4v) is 3.11. The molecule has 0 spiro atoms. The lowest BCUT2D eigenvalue weighted by molar-refractivity contribution is 0.0952. The highest BCUT2D eigenvalue weighted by molar-refractivity contribution is 7.90. The second kappa shape index (κ2) is 8.78. The molecule has 0 unspecified atom stereocenters. The van der Waals surface area contributed by atoms with Gasteiger partial charge < -0.3 is 10.2 Å². The predicted molar refractivity (Wildman–Crippen MR) is 99.3 cm³/mol. The largest absolute Gasteiger partial charge is 0.352 e. The van der Waals surface area contributed by atoms with Crippen LogP contribution < -0.4 is 5.32 Å².